The van der Waals surface area contributed by atoms with E-state index >= 15 is 0 Å². The Bertz CT molecular complexity index is 400. The number of hydrogen-bond acceptors (Lipinski definition) is 4. The van der Waals surface area contributed by atoms with E-state index in [4.69, 9.17) is 0 Å². The Morgan fingerprint density at radius 1 is 1.14 bits per heavy atom. The van der Waals surface area contributed by atoms with Crippen molar-refractivity contribution < 1.29 is 28.5 Å². The van der Waals surface area contributed by atoms with E-state index in [-0.39, 0.29) is 31.4 Å². The van der Waals surface area contributed by atoms with Crippen molar-refractivity contribution in [1.29, 1.82) is 0 Å². The number of nitrogens with zero attached hydrogens (tertiary/aromatic N) is 5. The summed E-state index contributed by atoms with van der Waals surface area (Å²) in [6.45, 7) is 4.81. The van der Waals surface area contributed by atoms with Crippen LogP contribution in [-0.4, -0.2) is 74.0 Å². The molecule has 1 fully saturated rings. The van der Waals surface area contributed by atoms with E-state index in [1.54, 1.807) is 0 Å². The fourth-order valence-electron chi connectivity index (χ4n) is 2.61. The summed E-state index contributed by atoms with van der Waals surface area (Å²) in [5.74, 6) is 1.59. The molecule has 0 radical (unpaired) electrons. The third-order valence-electron chi connectivity index (χ3n) is 4.09. The molecule has 1 aliphatic heterocycles. The van der Waals surface area contributed by atoms with Crippen molar-refractivity contribution in [3.8, 4) is 0 Å². The first kappa shape index (κ1) is 20.4. The summed E-state index contributed by atoms with van der Waals surface area (Å²) in [4.78, 5) is 8.55. The van der Waals surface area contributed by atoms with Gasteiger partial charge in [0.15, 0.2) is 0 Å². The second-order valence-corrected chi connectivity index (χ2v) is 6.13. The van der Waals surface area contributed by atoms with Gasteiger partial charge in [0.25, 0.3) is 0 Å². The number of aromatic nitrogens is 3. The van der Waals surface area contributed by atoms with Gasteiger partial charge in [-0.15, -0.1) is 5.10 Å². The average Bonchev–Trinajstić information content (AvgIpc) is 2.87. The fourth-order valence-corrected chi connectivity index (χ4v) is 2.61. The zero-order valence-corrected chi connectivity index (χ0v) is 15.2. The highest BCUT2D eigenvalue weighted by Gasteiger charge is 2.25. The van der Waals surface area contributed by atoms with Crippen LogP contribution in [0.4, 0.5) is 11.9 Å². The first-order chi connectivity index (χ1) is 9.00. The largest absolute Gasteiger partial charge is 1.00 e. The number of halogens is 1. The van der Waals surface area contributed by atoms with Gasteiger partial charge in [-0.1, -0.05) is 7.43 Å². The van der Waals surface area contributed by atoms with E-state index in [1.807, 2.05) is 19.0 Å². The average molecular weight is 410 g/mol. The van der Waals surface area contributed by atoms with Crippen LogP contribution < -0.4 is 33.8 Å². The number of rotatable bonds is 5. The minimum Gasteiger partial charge on any atom is -1.00 e. The normalized spacial score (nSPS) is 16.6. The van der Waals surface area contributed by atoms with Crippen molar-refractivity contribution in [2.75, 3.05) is 64.2 Å². The minimum atomic E-state index is 0. The third-order valence-corrected chi connectivity index (χ3v) is 4.09. The van der Waals surface area contributed by atoms with Crippen LogP contribution in [0.2, 0.25) is 0 Å². The second-order valence-electron chi connectivity index (χ2n) is 6.13. The van der Waals surface area contributed by atoms with E-state index in [2.05, 4.69) is 34.2 Å². The van der Waals surface area contributed by atoms with Crippen LogP contribution in [0.5, 0.6) is 0 Å². The molecular weight excluding hydrogens is 379 g/mol. The summed E-state index contributed by atoms with van der Waals surface area (Å²) in [6, 6.07) is 0. The smallest absolute Gasteiger partial charge is 0.245 e. The molecule has 0 bridgehead atoms. The van der Waals surface area contributed by atoms with Crippen molar-refractivity contribution in [3.63, 3.8) is 0 Å². The number of aromatic amines is 1. The predicted octanol–water partition coefficient (Wildman–Crippen LogP) is -1.42. The highest BCUT2D eigenvalue weighted by molar-refractivity contribution is 5.36. The zero-order chi connectivity index (χ0) is 13.9. The van der Waals surface area contributed by atoms with Gasteiger partial charge < -0.3 is 38.3 Å². The highest BCUT2D eigenvalue weighted by atomic mass is 127. The maximum Gasteiger partial charge on any atom is 0.245 e. The molecule has 1 aromatic rings. The van der Waals surface area contributed by atoms with Gasteiger partial charge in [0.2, 0.25) is 11.9 Å². The summed E-state index contributed by atoms with van der Waals surface area (Å²) in [6.07, 6.45) is 4.14. The molecular formula is C14H31IN6. The highest BCUT2D eigenvalue weighted by Crippen LogP contribution is 2.17. The molecule has 6 nitrogen and oxygen atoms in total. The summed E-state index contributed by atoms with van der Waals surface area (Å²) < 4.78 is 1.19. The van der Waals surface area contributed by atoms with E-state index in [9.17, 15) is 0 Å². The lowest BCUT2D eigenvalue weighted by Crippen LogP contribution is -3.00. The second kappa shape index (κ2) is 8.77. The van der Waals surface area contributed by atoms with Crippen LogP contribution in [0.1, 0.15) is 26.7 Å². The van der Waals surface area contributed by atoms with Crippen molar-refractivity contribution in [2.45, 2.75) is 26.7 Å². The molecule has 2 heterocycles. The Morgan fingerprint density at radius 3 is 2.29 bits per heavy atom. The van der Waals surface area contributed by atoms with Crippen LogP contribution in [0, 0.1) is 0 Å². The summed E-state index contributed by atoms with van der Waals surface area (Å²) in [5.41, 5.74) is 0. The van der Waals surface area contributed by atoms with Gasteiger partial charge in [-0.2, -0.15) is 4.98 Å². The van der Waals surface area contributed by atoms with Gasteiger partial charge >= 0.3 is 0 Å². The number of H-pyrrole nitrogens is 1. The van der Waals surface area contributed by atoms with E-state index in [0.29, 0.717) is 0 Å². The molecule has 0 atom stereocenters. The molecule has 1 saturated heterocycles. The number of quaternary nitrogens is 1. The molecule has 1 aliphatic rings. The minimum absolute atomic E-state index is 0. The van der Waals surface area contributed by atoms with Crippen LogP contribution in [0.3, 0.4) is 0 Å². The molecule has 1 aromatic heterocycles. The molecule has 0 unspecified atom stereocenters. The SMILES string of the molecule is C.CN(C)c1n[nH]c(N(C)CC[N+]2(C)CCCCC2)n1.[I-]. The van der Waals surface area contributed by atoms with Crippen LogP contribution >= 0.6 is 0 Å². The summed E-state index contributed by atoms with van der Waals surface area (Å²) in [7, 11) is 8.36. The first-order valence-corrected chi connectivity index (χ1v) is 7.15. The Morgan fingerprint density at radius 2 is 1.76 bits per heavy atom. The number of piperidine rings is 1. The molecule has 0 aromatic carbocycles. The van der Waals surface area contributed by atoms with Crippen molar-refractivity contribution in [3.05, 3.63) is 0 Å². The van der Waals surface area contributed by atoms with Crippen molar-refractivity contribution in [2.24, 2.45) is 0 Å². The first-order valence-electron chi connectivity index (χ1n) is 7.15. The molecule has 124 valence electrons. The van der Waals surface area contributed by atoms with Gasteiger partial charge in [0.05, 0.1) is 33.2 Å². The molecule has 21 heavy (non-hydrogen) atoms. The molecule has 0 amide bonds. The summed E-state index contributed by atoms with van der Waals surface area (Å²) >= 11 is 0. The topological polar surface area (TPSA) is 48.1 Å². The van der Waals surface area contributed by atoms with E-state index in [0.717, 1.165) is 18.4 Å². The lowest BCUT2D eigenvalue weighted by Gasteiger charge is -2.38. The lowest BCUT2D eigenvalue weighted by molar-refractivity contribution is -0.912. The fraction of sp³-hybridized carbons (Fsp3) is 0.857. The number of hydrogen-bond donors (Lipinski definition) is 1. The predicted molar refractivity (Wildman–Crippen MR) is 85.3 cm³/mol. The Balaban J connectivity index is 0.00000200. The maximum absolute atomic E-state index is 4.47. The van der Waals surface area contributed by atoms with Gasteiger partial charge in [-0.05, 0) is 19.3 Å². The molecule has 7 heteroatoms. The van der Waals surface area contributed by atoms with Crippen LogP contribution in [-0.2, 0) is 0 Å². The molecule has 0 spiro atoms. The van der Waals surface area contributed by atoms with E-state index < -0.39 is 0 Å². The number of anilines is 2. The molecule has 0 aliphatic carbocycles. The monoisotopic (exact) mass is 410 g/mol. The Labute approximate surface area is 146 Å². The number of nitrogens with one attached hydrogen (secondary N) is 1. The van der Waals surface area contributed by atoms with Crippen molar-refractivity contribution >= 4 is 11.9 Å². The van der Waals surface area contributed by atoms with Gasteiger partial charge in [0, 0.05) is 21.1 Å². The van der Waals surface area contributed by atoms with Gasteiger partial charge in [0.1, 0.15) is 0 Å². The maximum atomic E-state index is 4.47. The molecule has 0 saturated carbocycles. The van der Waals surface area contributed by atoms with Crippen LogP contribution in [0.25, 0.3) is 0 Å². The van der Waals surface area contributed by atoms with E-state index in [1.165, 1.54) is 43.4 Å². The molecule has 2 rings (SSSR count). The Kier molecular flexibility index (Phi) is 8.53. The zero-order valence-electron chi connectivity index (χ0n) is 13.1. The number of likely N-dealkylation sites (N-methyl/N-ethyl adjacent to an activating group) is 2. The quantitative estimate of drug-likeness (QED) is 0.478. The van der Waals surface area contributed by atoms with Gasteiger partial charge in [-0.25, -0.2) is 5.10 Å². The standard InChI is InChI=1S/C13H27N6.CH4.HI/c1-17(2)12-14-13(16-15-12)18(3)8-11-19(4)9-6-5-7-10-19;;/h5-11H2,1-4H3,(H,14,15,16);1H4;1H/q+1;;/p-1. The number of likely N-dealkylation sites (tertiary alicyclic amines) is 1. The van der Waals surface area contributed by atoms with Crippen LogP contribution in [0.15, 0.2) is 0 Å². The summed E-state index contributed by atoms with van der Waals surface area (Å²) in [5, 5.41) is 7.20. The van der Waals surface area contributed by atoms with Gasteiger partial charge in [-0.3, -0.25) is 0 Å². The van der Waals surface area contributed by atoms with Crippen molar-refractivity contribution in [1.82, 2.24) is 15.2 Å². The molecule has 1 N–H and O–H groups in total. The lowest BCUT2D eigenvalue weighted by atomic mass is 10.1. The Hall–Kier alpha value is -0.570. The third kappa shape index (κ3) is 5.61.